The molecule has 0 aliphatic heterocycles. The lowest BCUT2D eigenvalue weighted by molar-refractivity contribution is 0.336. The van der Waals surface area contributed by atoms with Crippen LogP contribution < -0.4 is 10.1 Å². The minimum absolute atomic E-state index is 0.562. The molecule has 0 atom stereocenters. The third kappa shape index (κ3) is 5.21. The van der Waals surface area contributed by atoms with E-state index in [4.69, 9.17) is 4.74 Å². The first-order valence-electron chi connectivity index (χ1n) is 7.08. The zero-order chi connectivity index (χ0) is 14.3. The van der Waals surface area contributed by atoms with Crippen LogP contribution in [0.1, 0.15) is 30.9 Å². The minimum Gasteiger partial charge on any atom is -0.496 e. The summed E-state index contributed by atoms with van der Waals surface area (Å²) in [5, 5.41) is 3.18. The van der Waals surface area contributed by atoms with Crippen LogP contribution in [0.15, 0.2) is 18.2 Å². The molecule has 3 heteroatoms. The molecule has 1 rings (SSSR count). The van der Waals surface area contributed by atoms with E-state index in [1.807, 2.05) is 7.05 Å². The summed E-state index contributed by atoms with van der Waals surface area (Å²) in [5.74, 6) is 1.57. The second kappa shape index (κ2) is 8.18. The summed E-state index contributed by atoms with van der Waals surface area (Å²) in [6.07, 6.45) is 1.03. The van der Waals surface area contributed by atoms with Crippen LogP contribution in [0.5, 0.6) is 5.75 Å². The predicted molar refractivity (Wildman–Crippen MR) is 82.2 cm³/mol. The lowest BCUT2D eigenvalue weighted by Crippen LogP contribution is -2.29. The van der Waals surface area contributed by atoms with Gasteiger partial charge < -0.3 is 15.0 Å². The Hall–Kier alpha value is -1.06. The molecule has 0 saturated carbocycles. The number of likely N-dealkylation sites (N-methyl/N-ethyl adjacent to an activating group) is 2. The fourth-order valence-electron chi connectivity index (χ4n) is 2.08. The first-order valence-corrected chi connectivity index (χ1v) is 7.08. The maximum absolute atomic E-state index is 5.46. The zero-order valence-corrected chi connectivity index (χ0v) is 13.0. The molecule has 19 heavy (non-hydrogen) atoms. The van der Waals surface area contributed by atoms with E-state index in [0.29, 0.717) is 5.92 Å². The first-order chi connectivity index (χ1) is 9.08. The number of nitrogens with one attached hydrogen (secondary N) is 1. The Bertz CT molecular complexity index is 377. The van der Waals surface area contributed by atoms with Gasteiger partial charge in [0.2, 0.25) is 0 Å². The Balaban J connectivity index is 2.67. The van der Waals surface area contributed by atoms with Gasteiger partial charge in [-0.05, 0) is 43.6 Å². The summed E-state index contributed by atoms with van der Waals surface area (Å²) >= 11 is 0. The van der Waals surface area contributed by atoms with Crippen LogP contribution in [-0.4, -0.2) is 45.7 Å². The van der Waals surface area contributed by atoms with Gasteiger partial charge in [-0.1, -0.05) is 26.0 Å². The molecule has 0 aliphatic carbocycles. The average molecular weight is 264 g/mol. The summed E-state index contributed by atoms with van der Waals surface area (Å²) in [7, 11) is 5.90. The maximum atomic E-state index is 5.46. The van der Waals surface area contributed by atoms with Gasteiger partial charge in [0.1, 0.15) is 5.75 Å². The molecular formula is C16H28N2O. The van der Waals surface area contributed by atoms with Crippen molar-refractivity contribution in [3.05, 3.63) is 29.3 Å². The second-order valence-electron chi connectivity index (χ2n) is 5.38. The molecule has 1 aromatic rings. The van der Waals surface area contributed by atoms with E-state index in [9.17, 15) is 0 Å². The standard InChI is InChI=1S/C16H28N2O/c1-13(2)14-6-7-16(19-5)15(12-14)8-10-18(4)11-9-17-3/h6-7,12-13,17H,8-11H2,1-5H3. The number of ether oxygens (including phenoxy) is 1. The van der Waals surface area contributed by atoms with Gasteiger partial charge in [-0.25, -0.2) is 0 Å². The van der Waals surface area contributed by atoms with Gasteiger partial charge in [0.05, 0.1) is 7.11 Å². The summed E-state index contributed by atoms with van der Waals surface area (Å²) in [6, 6.07) is 6.55. The van der Waals surface area contributed by atoms with Crippen LogP contribution in [0, 0.1) is 0 Å². The lowest BCUT2D eigenvalue weighted by Gasteiger charge is -2.18. The van der Waals surface area contributed by atoms with Gasteiger partial charge in [-0.15, -0.1) is 0 Å². The molecule has 1 N–H and O–H groups in total. The highest BCUT2D eigenvalue weighted by Crippen LogP contribution is 2.24. The molecule has 0 bridgehead atoms. The van der Waals surface area contributed by atoms with Crippen LogP contribution >= 0.6 is 0 Å². The van der Waals surface area contributed by atoms with Gasteiger partial charge in [-0.2, -0.15) is 0 Å². The fourth-order valence-corrected chi connectivity index (χ4v) is 2.08. The molecule has 0 saturated heterocycles. The average Bonchev–Trinajstić information content (AvgIpc) is 2.42. The van der Waals surface area contributed by atoms with Crippen LogP contribution in [-0.2, 0) is 6.42 Å². The van der Waals surface area contributed by atoms with E-state index >= 15 is 0 Å². The van der Waals surface area contributed by atoms with Gasteiger partial charge in [0.15, 0.2) is 0 Å². The number of benzene rings is 1. The Morgan fingerprint density at radius 1 is 1.26 bits per heavy atom. The van der Waals surface area contributed by atoms with Crippen molar-refractivity contribution >= 4 is 0 Å². The molecular weight excluding hydrogens is 236 g/mol. The second-order valence-corrected chi connectivity index (χ2v) is 5.38. The Kier molecular flexibility index (Phi) is 6.89. The highest BCUT2D eigenvalue weighted by atomic mass is 16.5. The first kappa shape index (κ1) is 16.0. The van der Waals surface area contributed by atoms with E-state index in [1.54, 1.807) is 7.11 Å². The molecule has 0 radical (unpaired) electrons. The van der Waals surface area contributed by atoms with E-state index in [1.165, 1.54) is 11.1 Å². The smallest absolute Gasteiger partial charge is 0.122 e. The summed E-state index contributed by atoms with van der Waals surface area (Å²) in [5.41, 5.74) is 2.69. The van der Waals surface area contributed by atoms with Crippen molar-refractivity contribution in [1.29, 1.82) is 0 Å². The van der Waals surface area contributed by atoms with Crippen molar-refractivity contribution < 1.29 is 4.74 Å². The highest BCUT2D eigenvalue weighted by Gasteiger charge is 2.08. The maximum Gasteiger partial charge on any atom is 0.122 e. The molecule has 0 aliphatic rings. The molecule has 0 unspecified atom stereocenters. The monoisotopic (exact) mass is 264 g/mol. The van der Waals surface area contributed by atoms with E-state index < -0.39 is 0 Å². The van der Waals surface area contributed by atoms with Gasteiger partial charge >= 0.3 is 0 Å². The summed E-state index contributed by atoms with van der Waals surface area (Å²) in [4.78, 5) is 2.35. The van der Waals surface area contributed by atoms with Crippen molar-refractivity contribution in [2.45, 2.75) is 26.2 Å². The van der Waals surface area contributed by atoms with Crippen LogP contribution in [0.25, 0.3) is 0 Å². The molecule has 3 nitrogen and oxygen atoms in total. The Labute approximate surface area is 118 Å². The van der Waals surface area contributed by atoms with Gasteiger partial charge in [-0.3, -0.25) is 0 Å². The number of hydrogen-bond donors (Lipinski definition) is 1. The van der Waals surface area contributed by atoms with Crippen LogP contribution in [0.4, 0.5) is 0 Å². The van der Waals surface area contributed by atoms with Crippen molar-refractivity contribution in [3.63, 3.8) is 0 Å². The largest absolute Gasteiger partial charge is 0.496 e. The third-order valence-electron chi connectivity index (χ3n) is 3.48. The lowest BCUT2D eigenvalue weighted by atomic mass is 9.99. The van der Waals surface area contributed by atoms with E-state index in [0.717, 1.165) is 31.8 Å². The molecule has 0 heterocycles. The van der Waals surface area contributed by atoms with Crippen molar-refractivity contribution in [3.8, 4) is 5.75 Å². The molecule has 0 fully saturated rings. The predicted octanol–water partition coefficient (Wildman–Crippen LogP) is 2.51. The Morgan fingerprint density at radius 3 is 2.58 bits per heavy atom. The topological polar surface area (TPSA) is 24.5 Å². The highest BCUT2D eigenvalue weighted by molar-refractivity contribution is 5.38. The molecule has 108 valence electrons. The summed E-state index contributed by atoms with van der Waals surface area (Å²) < 4.78 is 5.46. The third-order valence-corrected chi connectivity index (χ3v) is 3.48. The zero-order valence-electron chi connectivity index (χ0n) is 13.0. The quantitative estimate of drug-likeness (QED) is 0.781. The van der Waals surface area contributed by atoms with Gasteiger partial charge in [0, 0.05) is 19.6 Å². The Morgan fingerprint density at radius 2 is 2.00 bits per heavy atom. The number of methoxy groups -OCH3 is 1. The number of nitrogens with zero attached hydrogens (tertiary/aromatic N) is 1. The molecule has 0 spiro atoms. The molecule has 0 amide bonds. The van der Waals surface area contributed by atoms with Crippen molar-refractivity contribution in [1.82, 2.24) is 10.2 Å². The molecule has 0 aromatic heterocycles. The van der Waals surface area contributed by atoms with Gasteiger partial charge in [0.25, 0.3) is 0 Å². The van der Waals surface area contributed by atoms with E-state index in [-0.39, 0.29) is 0 Å². The van der Waals surface area contributed by atoms with Crippen LogP contribution in [0.3, 0.4) is 0 Å². The number of rotatable bonds is 8. The normalized spacial score (nSPS) is 11.3. The minimum atomic E-state index is 0.562. The van der Waals surface area contributed by atoms with Crippen molar-refractivity contribution in [2.75, 3.05) is 40.8 Å². The van der Waals surface area contributed by atoms with E-state index in [2.05, 4.69) is 49.3 Å². The molecule has 1 aromatic carbocycles. The SMILES string of the molecule is CNCCN(C)CCc1cc(C(C)C)ccc1OC. The van der Waals surface area contributed by atoms with Crippen LogP contribution in [0.2, 0.25) is 0 Å². The summed E-state index contributed by atoms with van der Waals surface area (Å²) in [6.45, 7) is 7.61. The van der Waals surface area contributed by atoms with Crippen molar-refractivity contribution in [2.24, 2.45) is 0 Å². The fraction of sp³-hybridized carbons (Fsp3) is 0.625. The number of hydrogen-bond acceptors (Lipinski definition) is 3.